The lowest BCUT2D eigenvalue weighted by Crippen LogP contribution is -2.51. The van der Waals surface area contributed by atoms with Gasteiger partial charge in [-0.1, -0.05) is 41.5 Å². The molecule has 0 radical (unpaired) electrons. The lowest BCUT2D eigenvalue weighted by Gasteiger charge is -2.38. The van der Waals surface area contributed by atoms with Gasteiger partial charge in [0.2, 0.25) is 5.91 Å². The van der Waals surface area contributed by atoms with Crippen LogP contribution in [0.2, 0.25) is 0 Å². The van der Waals surface area contributed by atoms with Gasteiger partial charge in [0, 0.05) is 30.6 Å². The molecule has 1 fully saturated rings. The Morgan fingerprint density at radius 3 is 2.10 bits per heavy atom. The smallest absolute Gasteiger partial charge is 0.227 e. The van der Waals surface area contributed by atoms with Crippen LogP contribution in [0.25, 0.3) is 0 Å². The highest BCUT2D eigenvalue weighted by molar-refractivity contribution is 5.81. The number of rotatable bonds is 4. The van der Waals surface area contributed by atoms with Crippen LogP contribution < -0.4 is 5.32 Å². The maximum absolute atomic E-state index is 12.3. The van der Waals surface area contributed by atoms with Gasteiger partial charge in [0.15, 0.2) is 0 Å². The molecule has 1 amide bonds. The SMILES string of the molecule is CC(C)(C)CC(CO)NC1CCN(C(=O)C(C)(C)C)CC1. The Kier molecular flexibility index (Phi) is 6.23. The maximum atomic E-state index is 12.3. The monoisotopic (exact) mass is 298 g/mol. The molecule has 0 aromatic carbocycles. The van der Waals surface area contributed by atoms with Gasteiger partial charge in [-0.15, -0.1) is 0 Å². The van der Waals surface area contributed by atoms with Crippen LogP contribution in [0, 0.1) is 10.8 Å². The Balaban J connectivity index is 2.44. The molecule has 1 rings (SSSR count). The first kappa shape index (κ1) is 18.4. The first-order chi connectivity index (χ1) is 9.53. The summed E-state index contributed by atoms with van der Waals surface area (Å²) in [6, 6.07) is 0.563. The number of aliphatic hydroxyl groups excluding tert-OH is 1. The minimum atomic E-state index is -0.292. The molecule has 1 aliphatic heterocycles. The van der Waals surface area contributed by atoms with Crippen LogP contribution in [0.5, 0.6) is 0 Å². The van der Waals surface area contributed by atoms with E-state index >= 15 is 0 Å². The zero-order valence-corrected chi connectivity index (χ0v) is 14.7. The number of nitrogens with one attached hydrogen (secondary N) is 1. The highest BCUT2D eigenvalue weighted by Gasteiger charge is 2.31. The molecule has 1 heterocycles. The van der Waals surface area contributed by atoms with Crippen molar-refractivity contribution in [2.45, 2.75) is 72.9 Å². The molecule has 0 spiro atoms. The van der Waals surface area contributed by atoms with E-state index in [1.165, 1.54) is 0 Å². The summed E-state index contributed by atoms with van der Waals surface area (Å²) in [6.45, 7) is 14.3. The van der Waals surface area contributed by atoms with Crippen molar-refractivity contribution in [3.05, 3.63) is 0 Å². The maximum Gasteiger partial charge on any atom is 0.227 e. The zero-order valence-electron chi connectivity index (χ0n) is 14.7. The van der Waals surface area contributed by atoms with Crippen LogP contribution in [-0.2, 0) is 4.79 Å². The summed E-state index contributed by atoms with van der Waals surface area (Å²) in [4.78, 5) is 14.2. The molecule has 0 saturated carbocycles. The van der Waals surface area contributed by atoms with Gasteiger partial charge in [-0.05, 0) is 24.7 Å². The van der Waals surface area contributed by atoms with E-state index in [-0.39, 0.29) is 29.4 Å². The Labute approximate surface area is 130 Å². The molecule has 0 aliphatic carbocycles. The van der Waals surface area contributed by atoms with Crippen molar-refractivity contribution >= 4 is 5.91 Å². The second kappa shape index (κ2) is 7.10. The van der Waals surface area contributed by atoms with Crippen molar-refractivity contribution in [2.75, 3.05) is 19.7 Å². The minimum absolute atomic E-state index is 0.153. The number of hydrogen-bond donors (Lipinski definition) is 2. The molecule has 4 nitrogen and oxygen atoms in total. The second-order valence-electron chi connectivity index (χ2n) is 8.63. The van der Waals surface area contributed by atoms with Crippen LogP contribution in [-0.4, -0.2) is 47.7 Å². The average molecular weight is 298 g/mol. The first-order valence-corrected chi connectivity index (χ1v) is 8.19. The first-order valence-electron chi connectivity index (χ1n) is 8.19. The third-order valence-corrected chi connectivity index (χ3v) is 3.97. The van der Waals surface area contributed by atoms with E-state index in [0.29, 0.717) is 6.04 Å². The lowest BCUT2D eigenvalue weighted by atomic mass is 9.87. The fourth-order valence-electron chi connectivity index (χ4n) is 2.97. The van der Waals surface area contributed by atoms with Gasteiger partial charge < -0.3 is 15.3 Å². The van der Waals surface area contributed by atoms with E-state index in [1.54, 1.807) is 0 Å². The topological polar surface area (TPSA) is 52.6 Å². The van der Waals surface area contributed by atoms with Crippen molar-refractivity contribution in [1.82, 2.24) is 10.2 Å². The summed E-state index contributed by atoms with van der Waals surface area (Å²) >= 11 is 0. The lowest BCUT2D eigenvalue weighted by molar-refractivity contribution is -0.140. The van der Waals surface area contributed by atoms with Crippen LogP contribution in [0.3, 0.4) is 0 Å². The van der Waals surface area contributed by atoms with E-state index in [0.717, 1.165) is 32.4 Å². The number of carbonyl (C=O) groups excluding carboxylic acids is 1. The summed E-state index contributed by atoms with van der Waals surface area (Å²) in [7, 11) is 0. The van der Waals surface area contributed by atoms with Gasteiger partial charge in [-0.2, -0.15) is 0 Å². The molecule has 0 aromatic heterocycles. The fraction of sp³-hybridized carbons (Fsp3) is 0.941. The quantitative estimate of drug-likeness (QED) is 0.838. The number of piperidine rings is 1. The summed E-state index contributed by atoms with van der Waals surface area (Å²) in [6.07, 6.45) is 2.91. The van der Waals surface area contributed by atoms with Gasteiger partial charge in [0.25, 0.3) is 0 Å². The normalized spacial score (nSPS) is 19.7. The Morgan fingerprint density at radius 1 is 1.19 bits per heavy atom. The van der Waals surface area contributed by atoms with Crippen molar-refractivity contribution in [2.24, 2.45) is 10.8 Å². The van der Waals surface area contributed by atoms with E-state index in [4.69, 9.17) is 0 Å². The minimum Gasteiger partial charge on any atom is -0.395 e. The van der Waals surface area contributed by atoms with Crippen LogP contribution >= 0.6 is 0 Å². The predicted octanol–water partition coefficient (Wildman–Crippen LogP) is 2.41. The average Bonchev–Trinajstić information content (AvgIpc) is 2.35. The summed E-state index contributed by atoms with van der Waals surface area (Å²) in [5.74, 6) is 0.245. The van der Waals surface area contributed by atoms with Crippen molar-refractivity contribution in [1.29, 1.82) is 0 Å². The third kappa shape index (κ3) is 6.35. The highest BCUT2D eigenvalue weighted by Crippen LogP contribution is 2.23. The number of carbonyl (C=O) groups is 1. The number of hydrogen-bond acceptors (Lipinski definition) is 3. The van der Waals surface area contributed by atoms with E-state index in [9.17, 15) is 9.90 Å². The highest BCUT2D eigenvalue weighted by atomic mass is 16.3. The van der Waals surface area contributed by atoms with Crippen molar-refractivity contribution in [3.63, 3.8) is 0 Å². The number of nitrogens with zero attached hydrogens (tertiary/aromatic N) is 1. The largest absolute Gasteiger partial charge is 0.395 e. The molecule has 0 aromatic rings. The summed E-state index contributed by atoms with van der Waals surface area (Å²) in [5.41, 5.74) is -0.0799. The molecule has 21 heavy (non-hydrogen) atoms. The molecule has 0 bridgehead atoms. The van der Waals surface area contributed by atoms with Gasteiger partial charge in [-0.3, -0.25) is 4.79 Å². The van der Waals surface area contributed by atoms with Gasteiger partial charge in [0.1, 0.15) is 0 Å². The number of amides is 1. The van der Waals surface area contributed by atoms with Gasteiger partial charge in [0.05, 0.1) is 6.61 Å². The van der Waals surface area contributed by atoms with Gasteiger partial charge in [-0.25, -0.2) is 0 Å². The zero-order chi connectivity index (χ0) is 16.3. The summed E-state index contributed by atoms with van der Waals surface area (Å²) in [5, 5.41) is 13.1. The molecule has 1 aliphatic rings. The molecule has 1 unspecified atom stereocenters. The molecule has 1 saturated heterocycles. The van der Waals surface area contributed by atoms with E-state index in [2.05, 4.69) is 26.1 Å². The third-order valence-electron chi connectivity index (χ3n) is 3.97. The Morgan fingerprint density at radius 2 is 1.71 bits per heavy atom. The summed E-state index contributed by atoms with van der Waals surface area (Å²) < 4.78 is 0. The van der Waals surface area contributed by atoms with Crippen molar-refractivity contribution < 1.29 is 9.90 Å². The predicted molar refractivity (Wildman–Crippen MR) is 87.1 cm³/mol. The second-order valence-corrected chi connectivity index (χ2v) is 8.63. The molecular formula is C17H34N2O2. The van der Waals surface area contributed by atoms with Gasteiger partial charge >= 0.3 is 0 Å². The Bertz CT molecular complexity index is 334. The van der Waals surface area contributed by atoms with Crippen LogP contribution in [0.4, 0.5) is 0 Å². The van der Waals surface area contributed by atoms with Crippen LogP contribution in [0.1, 0.15) is 60.8 Å². The fourth-order valence-corrected chi connectivity index (χ4v) is 2.97. The van der Waals surface area contributed by atoms with E-state index in [1.807, 2.05) is 25.7 Å². The molecule has 2 N–H and O–H groups in total. The molecule has 4 heteroatoms. The van der Waals surface area contributed by atoms with Crippen molar-refractivity contribution in [3.8, 4) is 0 Å². The Hall–Kier alpha value is -0.610. The molecule has 124 valence electrons. The standard InChI is InChI=1S/C17H34N2O2/c1-16(2,3)11-14(12-20)18-13-7-9-19(10-8-13)15(21)17(4,5)6/h13-14,18,20H,7-12H2,1-6H3. The number of likely N-dealkylation sites (tertiary alicyclic amines) is 1. The molecule has 1 atom stereocenters. The number of aliphatic hydroxyl groups is 1. The van der Waals surface area contributed by atoms with Crippen LogP contribution in [0.15, 0.2) is 0 Å². The van der Waals surface area contributed by atoms with E-state index < -0.39 is 0 Å². The molecular weight excluding hydrogens is 264 g/mol.